The molecule has 0 fully saturated rings. The highest BCUT2D eigenvalue weighted by atomic mass is 15.1. The molecule has 3 N–H and O–H groups in total. The topological polar surface area (TPSA) is 54.7 Å². The maximum Gasteiger partial charge on any atom is 0.0733 e. The van der Waals surface area contributed by atoms with Crippen molar-refractivity contribution in [3.05, 3.63) is 24.0 Å². The number of anilines is 1. The van der Waals surface area contributed by atoms with Crippen molar-refractivity contribution in [2.24, 2.45) is 0 Å². The fraction of sp³-hybridized carbons (Fsp3) is 0.444. The predicted octanol–water partition coefficient (Wildman–Crippen LogP) is 1.82. The van der Waals surface area contributed by atoms with E-state index in [9.17, 15) is 0 Å². The minimum atomic E-state index is 0.553. The van der Waals surface area contributed by atoms with Crippen LogP contribution in [0, 0.1) is 0 Å². The van der Waals surface area contributed by atoms with Crippen LogP contribution >= 0.6 is 0 Å². The molecule has 0 spiro atoms. The van der Waals surface area contributed by atoms with Crippen LogP contribution in [0.3, 0.4) is 0 Å². The molecule has 0 saturated carbocycles. The van der Waals surface area contributed by atoms with Gasteiger partial charge in [0.25, 0.3) is 0 Å². The summed E-state index contributed by atoms with van der Waals surface area (Å²) in [5, 5.41) is 6.89. The number of aromatic amines is 1. The van der Waals surface area contributed by atoms with Gasteiger partial charge in [0.2, 0.25) is 0 Å². The van der Waals surface area contributed by atoms with Gasteiger partial charge in [-0.05, 0) is 19.3 Å². The number of allylic oxidation sites excluding steroid dienone is 2. The fourth-order valence-corrected chi connectivity index (χ4v) is 1.69. The molecule has 1 aromatic rings. The Kier molecular flexibility index (Phi) is 1.86. The first-order chi connectivity index (χ1) is 5.88. The van der Waals surface area contributed by atoms with Gasteiger partial charge in [-0.25, -0.2) is 0 Å². The minimum absolute atomic E-state index is 0.553. The Bertz CT molecular complexity index is 288. The molecule has 3 heteroatoms. The Morgan fingerprint density at radius 2 is 2.42 bits per heavy atom. The van der Waals surface area contributed by atoms with Crippen LogP contribution in [0.1, 0.15) is 30.9 Å². The third kappa shape index (κ3) is 1.22. The molecule has 0 saturated heterocycles. The molecule has 0 radical (unpaired) electrons. The van der Waals surface area contributed by atoms with Gasteiger partial charge in [0, 0.05) is 5.92 Å². The molecule has 0 aromatic carbocycles. The number of nitrogens with zero attached hydrogens (tertiary/aromatic N) is 1. The second-order valence-electron chi connectivity index (χ2n) is 3.22. The Morgan fingerprint density at radius 3 is 3.00 bits per heavy atom. The quantitative estimate of drug-likeness (QED) is 0.620. The van der Waals surface area contributed by atoms with Gasteiger partial charge in [0.05, 0.1) is 17.6 Å². The summed E-state index contributed by atoms with van der Waals surface area (Å²) in [4.78, 5) is 0. The molecule has 12 heavy (non-hydrogen) atoms. The first kappa shape index (κ1) is 7.40. The van der Waals surface area contributed by atoms with E-state index < -0.39 is 0 Å². The molecular weight excluding hydrogens is 150 g/mol. The highest BCUT2D eigenvalue weighted by molar-refractivity contribution is 5.42. The van der Waals surface area contributed by atoms with Crippen molar-refractivity contribution in [2.45, 2.75) is 25.2 Å². The van der Waals surface area contributed by atoms with Crippen LogP contribution in [0.25, 0.3) is 0 Å². The number of hydrogen-bond acceptors (Lipinski definition) is 2. The lowest BCUT2D eigenvalue weighted by atomic mass is 9.91. The molecule has 1 aliphatic carbocycles. The average Bonchev–Trinajstić information content (AvgIpc) is 2.53. The van der Waals surface area contributed by atoms with Crippen LogP contribution in [0.5, 0.6) is 0 Å². The van der Waals surface area contributed by atoms with Crippen molar-refractivity contribution in [2.75, 3.05) is 5.73 Å². The molecule has 1 unspecified atom stereocenters. The largest absolute Gasteiger partial charge is 0.396 e. The molecule has 1 atom stereocenters. The van der Waals surface area contributed by atoms with Gasteiger partial charge in [0.1, 0.15) is 0 Å². The van der Waals surface area contributed by atoms with Gasteiger partial charge in [-0.2, -0.15) is 5.10 Å². The van der Waals surface area contributed by atoms with E-state index in [4.69, 9.17) is 5.73 Å². The van der Waals surface area contributed by atoms with Crippen molar-refractivity contribution in [1.29, 1.82) is 0 Å². The van der Waals surface area contributed by atoms with Gasteiger partial charge < -0.3 is 5.73 Å². The Hall–Kier alpha value is -1.25. The summed E-state index contributed by atoms with van der Waals surface area (Å²) >= 11 is 0. The molecule has 1 aromatic heterocycles. The van der Waals surface area contributed by atoms with E-state index >= 15 is 0 Å². The number of rotatable bonds is 1. The molecule has 64 valence electrons. The molecule has 1 aliphatic rings. The Morgan fingerprint density at radius 1 is 1.50 bits per heavy atom. The number of hydrogen-bond donors (Lipinski definition) is 2. The first-order valence-corrected chi connectivity index (χ1v) is 4.31. The van der Waals surface area contributed by atoms with Gasteiger partial charge in [-0.1, -0.05) is 12.2 Å². The van der Waals surface area contributed by atoms with Gasteiger partial charge in [-0.15, -0.1) is 0 Å². The van der Waals surface area contributed by atoms with E-state index in [1.54, 1.807) is 6.20 Å². The number of nitrogen functional groups attached to an aromatic ring is 1. The average molecular weight is 163 g/mol. The molecule has 1 heterocycles. The third-order valence-corrected chi connectivity index (χ3v) is 2.38. The minimum Gasteiger partial charge on any atom is -0.396 e. The van der Waals surface area contributed by atoms with Gasteiger partial charge in [-0.3, -0.25) is 5.10 Å². The molecule has 0 aliphatic heterocycles. The number of nitrogens with two attached hydrogens (primary N) is 1. The van der Waals surface area contributed by atoms with Crippen molar-refractivity contribution < 1.29 is 0 Å². The second-order valence-corrected chi connectivity index (χ2v) is 3.22. The lowest BCUT2D eigenvalue weighted by molar-refractivity contribution is 0.601. The summed E-state index contributed by atoms with van der Waals surface area (Å²) in [5.74, 6) is 0.553. The van der Waals surface area contributed by atoms with Crippen LogP contribution in [0.15, 0.2) is 18.3 Å². The smallest absolute Gasteiger partial charge is 0.0733 e. The molecule has 3 nitrogen and oxygen atoms in total. The van der Waals surface area contributed by atoms with Gasteiger partial charge in [0.15, 0.2) is 0 Å². The standard InChI is InChI=1S/C9H13N3/c10-8-6-11-12-9(8)7-4-2-1-3-5-7/h1-2,6-7H,3-5,10H2,(H,11,12). The number of nitrogens with one attached hydrogen (secondary N) is 1. The summed E-state index contributed by atoms with van der Waals surface area (Å²) in [6, 6.07) is 0. The predicted molar refractivity (Wildman–Crippen MR) is 48.7 cm³/mol. The summed E-state index contributed by atoms with van der Waals surface area (Å²) in [7, 11) is 0. The Labute approximate surface area is 71.7 Å². The van der Waals surface area contributed by atoms with E-state index in [2.05, 4.69) is 22.3 Å². The van der Waals surface area contributed by atoms with Crippen LogP contribution < -0.4 is 5.73 Å². The molecule has 0 amide bonds. The van der Waals surface area contributed by atoms with Crippen molar-refractivity contribution in [3.63, 3.8) is 0 Å². The maximum absolute atomic E-state index is 5.75. The van der Waals surface area contributed by atoms with Crippen LogP contribution in [-0.2, 0) is 0 Å². The lowest BCUT2D eigenvalue weighted by Gasteiger charge is -2.16. The fourth-order valence-electron chi connectivity index (χ4n) is 1.69. The molecular formula is C9H13N3. The van der Waals surface area contributed by atoms with Crippen LogP contribution in [-0.4, -0.2) is 10.2 Å². The van der Waals surface area contributed by atoms with Crippen molar-refractivity contribution in [1.82, 2.24) is 10.2 Å². The van der Waals surface area contributed by atoms with Crippen molar-refractivity contribution in [3.8, 4) is 0 Å². The Balaban J connectivity index is 2.19. The van der Waals surface area contributed by atoms with E-state index in [0.29, 0.717) is 5.92 Å². The number of aromatic nitrogens is 2. The van der Waals surface area contributed by atoms with E-state index in [-0.39, 0.29) is 0 Å². The SMILES string of the molecule is Nc1cn[nH]c1C1CC=CCC1. The summed E-state index contributed by atoms with van der Waals surface area (Å²) in [5.41, 5.74) is 7.67. The van der Waals surface area contributed by atoms with E-state index in [0.717, 1.165) is 24.2 Å². The van der Waals surface area contributed by atoms with Crippen LogP contribution in [0.2, 0.25) is 0 Å². The molecule has 0 bridgehead atoms. The monoisotopic (exact) mass is 163 g/mol. The molecule has 2 rings (SSSR count). The summed E-state index contributed by atoms with van der Waals surface area (Å²) < 4.78 is 0. The zero-order chi connectivity index (χ0) is 8.39. The highest BCUT2D eigenvalue weighted by Crippen LogP contribution is 2.30. The lowest BCUT2D eigenvalue weighted by Crippen LogP contribution is -2.03. The number of H-pyrrole nitrogens is 1. The normalized spacial score (nSPS) is 22.8. The van der Waals surface area contributed by atoms with Crippen molar-refractivity contribution >= 4 is 5.69 Å². The van der Waals surface area contributed by atoms with Gasteiger partial charge >= 0.3 is 0 Å². The zero-order valence-electron chi connectivity index (χ0n) is 6.96. The third-order valence-electron chi connectivity index (χ3n) is 2.38. The van der Waals surface area contributed by atoms with E-state index in [1.807, 2.05) is 0 Å². The van der Waals surface area contributed by atoms with Crippen LogP contribution in [0.4, 0.5) is 5.69 Å². The zero-order valence-corrected chi connectivity index (χ0v) is 6.96. The van der Waals surface area contributed by atoms with E-state index in [1.165, 1.54) is 6.42 Å². The first-order valence-electron chi connectivity index (χ1n) is 4.31. The maximum atomic E-state index is 5.75. The summed E-state index contributed by atoms with van der Waals surface area (Å²) in [6.45, 7) is 0. The summed E-state index contributed by atoms with van der Waals surface area (Å²) in [6.07, 6.45) is 9.56. The second kappa shape index (κ2) is 3.01. The highest BCUT2D eigenvalue weighted by Gasteiger charge is 2.15.